The first-order chi connectivity index (χ1) is 28.0. The molecule has 14 nitrogen and oxygen atoms in total. The molecule has 0 unspecified atom stereocenters. The SMILES string of the molecule is CN(Cc1cccc(-c2ccc(N3CCOCC3)cc2)c1)C(=O)CN.CN(Cc1cccc(-c2ccc(N3CCOCC3)cc2)c1)C(=O)CN.O=C(O)CCC(=O)O. The Hall–Kier alpha value is -5.80. The molecular weight excluding hydrogens is 741 g/mol. The van der Waals surface area contributed by atoms with Crippen LogP contribution in [0.5, 0.6) is 0 Å². The molecule has 2 aliphatic heterocycles. The van der Waals surface area contributed by atoms with Crippen molar-refractivity contribution in [1.82, 2.24) is 9.80 Å². The minimum Gasteiger partial charge on any atom is -0.481 e. The van der Waals surface area contributed by atoms with Crippen LogP contribution in [-0.2, 0) is 41.7 Å². The minimum atomic E-state index is -1.08. The summed E-state index contributed by atoms with van der Waals surface area (Å²) in [7, 11) is 3.55. The van der Waals surface area contributed by atoms with E-state index in [9.17, 15) is 19.2 Å². The van der Waals surface area contributed by atoms with Crippen LogP contribution in [0.15, 0.2) is 97.1 Å². The average molecular weight is 797 g/mol. The van der Waals surface area contributed by atoms with Crippen molar-refractivity contribution in [3.05, 3.63) is 108 Å². The van der Waals surface area contributed by atoms with Crippen LogP contribution >= 0.6 is 0 Å². The number of hydrogen-bond acceptors (Lipinski definition) is 10. The lowest BCUT2D eigenvalue weighted by Crippen LogP contribution is -2.36. The van der Waals surface area contributed by atoms with Crippen LogP contribution < -0.4 is 21.3 Å². The summed E-state index contributed by atoms with van der Waals surface area (Å²) in [4.78, 5) is 50.6. The molecule has 0 aromatic heterocycles. The first kappa shape index (κ1) is 44.9. The maximum absolute atomic E-state index is 11.6. The smallest absolute Gasteiger partial charge is 0.303 e. The highest BCUT2D eigenvalue weighted by Crippen LogP contribution is 2.26. The van der Waals surface area contributed by atoms with Gasteiger partial charge in [-0.25, -0.2) is 0 Å². The van der Waals surface area contributed by atoms with Crippen molar-refractivity contribution in [2.75, 3.05) is 89.6 Å². The van der Waals surface area contributed by atoms with E-state index >= 15 is 0 Å². The molecule has 2 heterocycles. The van der Waals surface area contributed by atoms with E-state index in [1.165, 1.54) is 22.5 Å². The molecule has 2 saturated heterocycles. The molecule has 2 aliphatic rings. The summed E-state index contributed by atoms with van der Waals surface area (Å²) < 4.78 is 10.8. The Morgan fingerprint density at radius 1 is 0.552 bits per heavy atom. The number of amides is 2. The third-order valence-electron chi connectivity index (χ3n) is 9.60. The number of anilines is 2. The summed E-state index contributed by atoms with van der Waals surface area (Å²) in [5.74, 6) is -2.26. The molecule has 0 radical (unpaired) electrons. The molecule has 6 rings (SSSR count). The summed E-state index contributed by atoms with van der Waals surface area (Å²) in [6.45, 7) is 8.14. The number of nitrogens with zero attached hydrogens (tertiary/aromatic N) is 4. The van der Waals surface area contributed by atoms with Gasteiger partial charge in [-0.15, -0.1) is 0 Å². The van der Waals surface area contributed by atoms with E-state index in [0.29, 0.717) is 13.1 Å². The number of nitrogens with two attached hydrogens (primary N) is 2. The van der Waals surface area contributed by atoms with E-state index in [-0.39, 0.29) is 37.7 Å². The number of likely N-dealkylation sites (N-methyl/N-ethyl adjacent to an activating group) is 2. The van der Waals surface area contributed by atoms with Gasteiger partial charge in [0, 0.05) is 64.7 Å². The zero-order chi connectivity index (χ0) is 41.9. The van der Waals surface area contributed by atoms with Crippen LogP contribution in [0.2, 0.25) is 0 Å². The van der Waals surface area contributed by atoms with Crippen molar-refractivity contribution in [3.63, 3.8) is 0 Å². The van der Waals surface area contributed by atoms with Gasteiger partial charge in [-0.1, -0.05) is 60.7 Å². The first-order valence-corrected chi connectivity index (χ1v) is 19.3. The summed E-state index contributed by atoms with van der Waals surface area (Å²) >= 11 is 0. The molecule has 58 heavy (non-hydrogen) atoms. The normalized spacial score (nSPS) is 13.6. The number of hydrogen-bond donors (Lipinski definition) is 4. The Morgan fingerprint density at radius 2 is 0.897 bits per heavy atom. The van der Waals surface area contributed by atoms with Gasteiger partial charge < -0.3 is 50.8 Å². The van der Waals surface area contributed by atoms with E-state index in [4.69, 9.17) is 31.2 Å². The molecule has 0 atom stereocenters. The Labute approximate surface area is 340 Å². The second-order valence-electron chi connectivity index (χ2n) is 13.9. The van der Waals surface area contributed by atoms with Crippen molar-refractivity contribution >= 4 is 35.1 Å². The van der Waals surface area contributed by atoms with E-state index in [2.05, 4.69) is 82.6 Å². The van der Waals surface area contributed by atoms with Crippen molar-refractivity contribution in [2.45, 2.75) is 25.9 Å². The lowest BCUT2D eigenvalue weighted by Gasteiger charge is -2.29. The summed E-state index contributed by atoms with van der Waals surface area (Å²) in [6, 6.07) is 33.8. The molecule has 2 amide bonds. The highest BCUT2D eigenvalue weighted by Gasteiger charge is 2.14. The van der Waals surface area contributed by atoms with Gasteiger partial charge in [-0.2, -0.15) is 0 Å². The molecular formula is C44H56N6O8. The highest BCUT2D eigenvalue weighted by atomic mass is 16.5. The molecule has 0 aliphatic carbocycles. The van der Waals surface area contributed by atoms with E-state index in [1.54, 1.807) is 23.9 Å². The molecule has 6 N–H and O–H groups in total. The number of carboxylic acid groups (broad SMARTS) is 2. The van der Waals surface area contributed by atoms with Crippen LogP contribution in [-0.4, -0.2) is 124 Å². The Bertz CT molecular complexity index is 1770. The van der Waals surface area contributed by atoms with Crippen molar-refractivity contribution < 1.29 is 38.9 Å². The quantitative estimate of drug-likeness (QED) is 0.151. The zero-order valence-corrected chi connectivity index (χ0v) is 33.4. The van der Waals surface area contributed by atoms with Crippen LogP contribution in [0.1, 0.15) is 24.0 Å². The van der Waals surface area contributed by atoms with Crippen LogP contribution in [0.25, 0.3) is 22.3 Å². The number of carboxylic acids is 2. The average Bonchev–Trinajstić information content (AvgIpc) is 3.26. The van der Waals surface area contributed by atoms with Crippen LogP contribution in [0.3, 0.4) is 0 Å². The lowest BCUT2D eigenvalue weighted by atomic mass is 10.0. The van der Waals surface area contributed by atoms with E-state index in [1.807, 2.05) is 24.3 Å². The zero-order valence-electron chi connectivity index (χ0n) is 33.4. The van der Waals surface area contributed by atoms with Gasteiger partial charge in [-0.3, -0.25) is 19.2 Å². The van der Waals surface area contributed by atoms with Gasteiger partial charge in [0.15, 0.2) is 0 Å². The second-order valence-corrected chi connectivity index (χ2v) is 13.9. The molecule has 2 fully saturated rings. The predicted octanol–water partition coefficient (Wildman–Crippen LogP) is 4.15. The lowest BCUT2D eigenvalue weighted by molar-refractivity contribution is -0.143. The second kappa shape index (κ2) is 23.4. The van der Waals surface area contributed by atoms with E-state index in [0.717, 1.165) is 74.9 Å². The number of aliphatic carboxylic acids is 2. The fourth-order valence-electron chi connectivity index (χ4n) is 6.32. The minimum absolute atomic E-state index is 0.0409. The van der Waals surface area contributed by atoms with Gasteiger partial charge in [0.2, 0.25) is 11.8 Å². The third kappa shape index (κ3) is 14.6. The van der Waals surface area contributed by atoms with Crippen molar-refractivity contribution in [2.24, 2.45) is 11.5 Å². The summed E-state index contributed by atoms with van der Waals surface area (Å²) in [5.41, 5.74) is 20.1. The Morgan fingerprint density at radius 3 is 1.21 bits per heavy atom. The highest BCUT2D eigenvalue weighted by molar-refractivity contribution is 5.78. The Kier molecular flexibility index (Phi) is 18.1. The third-order valence-corrected chi connectivity index (χ3v) is 9.60. The molecule has 0 bridgehead atoms. The maximum Gasteiger partial charge on any atom is 0.303 e. The fraction of sp³-hybridized carbons (Fsp3) is 0.364. The largest absolute Gasteiger partial charge is 0.481 e. The summed E-state index contributed by atoms with van der Waals surface area (Å²) in [6.07, 6.45) is -0.593. The van der Waals surface area contributed by atoms with Crippen molar-refractivity contribution in [3.8, 4) is 22.3 Å². The fourth-order valence-corrected chi connectivity index (χ4v) is 6.32. The van der Waals surface area contributed by atoms with Gasteiger partial charge in [0.05, 0.1) is 52.4 Å². The monoisotopic (exact) mass is 796 g/mol. The molecule has 4 aromatic rings. The predicted molar refractivity (Wildman–Crippen MR) is 225 cm³/mol. The molecule has 310 valence electrons. The van der Waals surface area contributed by atoms with Gasteiger partial charge in [-0.05, 0) is 69.8 Å². The van der Waals surface area contributed by atoms with Gasteiger partial charge in [0.25, 0.3) is 0 Å². The molecule has 0 saturated carbocycles. The summed E-state index contributed by atoms with van der Waals surface area (Å²) in [5, 5.41) is 15.8. The maximum atomic E-state index is 11.6. The molecule has 14 heteroatoms. The first-order valence-electron chi connectivity index (χ1n) is 19.3. The molecule has 0 spiro atoms. The van der Waals surface area contributed by atoms with Crippen LogP contribution in [0, 0.1) is 0 Å². The number of ether oxygens (including phenoxy) is 2. The molecule has 4 aromatic carbocycles. The Balaban J connectivity index is 0.000000217. The van der Waals surface area contributed by atoms with Gasteiger partial charge in [0.1, 0.15) is 0 Å². The number of carbonyl (C=O) groups is 4. The van der Waals surface area contributed by atoms with E-state index < -0.39 is 11.9 Å². The van der Waals surface area contributed by atoms with Gasteiger partial charge >= 0.3 is 11.9 Å². The number of morpholine rings is 2. The number of benzene rings is 4. The van der Waals surface area contributed by atoms with Crippen molar-refractivity contribution in [1.29, 1.82) is 0 Å². The number of carbonyl (C=O) groups excluding carboxylic acids is 2. The number of rotatable bonds is 13. The topological polar surface area (TPSA) is 192 Å². The van der Waals surface area contributed by atoms with Crippen LogP contribution in [0.4, 0.5) is 11.4 Å². The standard InChI is InChI=1S/2C20H25N3O2.C4H6O4/c2*1-22(20(24)14-21)15-16-3-2-4-18(13-16)17-5-7-19(8-6-17)23-9-11-25-12-10-23;5-3(6)1-2-4(7)8/h2*2-8,13H,9-12,14-15,21H2,1H3;1-2H2,(H,5,6)(H,7,8).